The van der Waals surface area contributed by atoms with Gasteiger partial charge in [-0.3, -0.25) is 0 Å². The Balaban J connectivity index is 2.02. The highest BCUT2D eigenvalue weighted by atomic mass is 19.4. The van der Waals surface area contributed by atoms with Crippen LogP contribution in [0.2, 0.25) is 0 Å². The lowest BCUT2D eigenvalue weighted by Gasteiger charge is -2.27. The standard InChI is InChI=1S/C17H16F8/c18-13-8-12(9-14(19)15(13)17(23,24)25)11-5-3-10(4-6-11)2-1-7-16(20,21)22/h1-2,8-11H,3-7H2. The summed E-state index contributed by atoms with van der Waals surface area (Å²) in [4.78, 5) is 0. The van der Waals surface area contributed by atoms with Crippen LogP contribution in [0.15, 0.2) is 24.3 Å². The summed E-state index contributed by atoms with van der Waals surface area (Å²) in [7, 11) is 0. The molecule has 0 saturated heterocycles. The van der Waals surface area contributed by atoms with Gasteiger partial charge < -0.3 is 0 Å². The molecule has 8 heteroatoms. The van der Waals surface area contributed by atoms with Crippen molar-refractivity contribution in [2.45, 2.75) is 50.4 Å². The first-order valence-corrected chi connectivity index (χ1v) is 7.77. The molecule has 0 heterocycles. The first-order valence-electron chi connectivity index (χ1n) is 7.77. The van der Waals surface area contributed by atoms with Crippen LogP contribution in [0.3, 0.4) is 0 Å². The maximum absolute atomic E-state index is 13.6. The van der Waals surface area contributed by atoms with E-state index in [2.05, 4.69) is 0 Å². The average molecular weight is 372 g/mol. The van der Waals surface area contributed by atoms with Crippen LogP contribution in [0.25, 0.3) is 0 Å². The number of alkyl halides is 6. The smallest absolute Gasteiger partial charge is 0.206 e. The third-order valence-electron chi connectivity index (χ3n) is 4.35. The first kappa shape index (κ1) is 19.7. The van der Waals surface area contributed by atoms with Crippen molar-refractivity contribution in [3.8, 4) is 0 Å². The van der Waals surface area contributed by atoms with Crippen molar-refractivity contribution in [3.05, 3.63) is 47.0 Å². The van der Waals surface area contributed by atoms with Crippen molar-refractivity contribution >= 4 is 0 Å². The number of halogens is 8. The van der Waals surface area contributed by atoms with Gasteiger partial charge in [0.15, 0.2) is 0 Å². The van der Waals surface area contributed by atoms with Crippen molar-refractivity contribution in [2.75, 3.05) is 0 Å². The zero-order valence-corrected chi connectivity index (χ0v) is 13.0. The SMILES string of the molecule is Fc1cc(C2CCC(C=CCC(F)(F)F)CC2)cc(F)c1C(F)(F)F. The molecule has 1 fully saturated rings. The molecule has 0 unspecified atom stereocenters. The molecule has 25 heavy (non-hydrogen) atoms. The second-order valence-corrected chi connectivity index (χ2v) is 6.22. The van der Waals surface area contributed by atoms with Crippen LogP contribution in [0.5, 0.6) is 0 Å². The van der Waals surface area contributed by atoms with E-state index in [1.807, 2.05) is 0 Å². The Morgan fingerprint density at radius 1 is 0.880 bits per heavy atom. The number of hydrogen-bond donors (Lipinski definition) is 0. The molecule has 0 radical (unpaired) electrons. The van der Waals surface area contributed by atoms with Crippen LogP contribution in [0.1, 0.15) is 49.1 Å². The predicted molar refractivity (Wildman–Crippen MR) is 75.9 cm³/mol. The molecule has 1 saturated carbocycles. The topological polar surface area (TPSA) is 0 Å². The molecule has 0 bridgehead atoms. The molecule has 0 aromatic heterocycles. The van der Waals surface area contributed by atoms with Crippen molar-refractivity contribution in [2.24, 2.45) is 5.92 Å². The van der Waals surface area contributed by atoms with E-state index in [0.717, 1.165) is 6.08 Å². The number of hydrogen-bond acceptors (Lipinski definition) is 0. The van der Waals surface area contributed by atoms with Crippen LogP contribution in [-0.4, -0.2) is 6.18 Å². The summed E-state index contributed by atoms with van der Waals surface area (Å²) in [6.07, 6.45) is -5.90. The fourth-order valence-corrected chi connectivity index (χ4v) is 3.14. The van der Waals surface area contributed by atoms with Gasteiger partial charge in [0.1, 0.15) is 17.2 Å². The quantitative estimate of drug-likeness (QED) is 0.406. The highest BCUT2D eigenvalue weighted by Crippen LogP contribution is 2.40. The summed E-state index contributed by atoms with van der Waals surface area (Å²) in [5, 5.41) is 0. The minimum Gasteiger partial charge on any atom is -0.206 e. The molecule has 0 atom stereocenters. The largest absolute Gasteiger partial charge is 0.422 e. The lowest BCUT2D eigenvalue weighted by Crippen LogP contribution is -2.15. The lowest BCUT2D eigenvalue weighted by molar-refractivity contribution is -0.142. The zero-order chi connectivity index (χ0) is 18.8. The van der Waals surface area contributed by atoms with E-state index in [1.54, 1.807) is 0 Å². The Morgan fingerprint density at radius 2 is 1.40 bits per heavy atom. The Morgan fingerprint density at radius 3 is 1.84 bits per heavy atom. The number of allylic oxidation sites excluding steroid dienone is 2. The molecule has 1 aromatic carbocycles. The molecular formula is C17H16F8. The Hall–Kier alpha value is -1.60. The van der Waals surface area contributed by atoms with E-state index in [0.29, 0.717) is 37.8 Å². The van der Waals surface area contributed by atoms with Gasteiger partial charge in [-0.25, -0.2) is 8.78 Å². The van der Waals surface area contributed by atoms with E-state index in [1.165, 1.54) is 6.08 Å². The second kappa shape index (κ2) is 7.33. The van der Waals surface area contributed by atoms with Gasteiger partial charge in [0.2, 0.25) is 0 Å². The van der Waals surface area contributed by atoms with Gasteiger partial charge in [-0.2, -0.15) is 26.3 Å². The van der Waals surface area contributed by atoms with Gasteiger partial charge in [0.05, 0.1) is 6.42 Å². The maximum Gasteiger partial charge on any atom is 0.422 e. The Bertz CT molecular complexity index is 596. The Kier molecular flexibility index (Phi) is 5.79. The lowest BCUT2D eigenvalue weighted by atomic mass is 9.78. The zero-order valence-electron chi connectivity index (χ0n) is 13.0. The van der Waals surface area contributed by atoms with Gasteiger partial charge in [-0.05, 0) is 55.2 Å². The molecule has 0 aliphatic heterocycles. The van der Waals surface area contributed by atoms with E-state index in [4.69, 9.17) is 0 Å². The van der Waals surface area contributed by atoms with E-state index in [9.17, 15) is 35.1 Å². The summed E-state index contributed by atoms with van der Waals surface area (Å²) >= 11 is 0. The summed E-state index contributed by atoms with van der Waals surface area (Å²) in [5.74, 6) is -3.66. The van der Waals surface area contributed by atoms with Crippen molar-refractivity contribution < 1.29 is 35.1 Å². The normalized spacial score (nSPS) is 22.6. The van der Waals surface area contributed by atoms with Crippen molar-refractivity contribution in [1.29, 1.82) is 0 Å². The molecule has 0 amide bonds. The summed E-state index contributed by atoms with van der Waals surface area (Å²) in [6.45, 7) is 0. The highest BCUT2D eigenvalue weighted by Gasteiger charge is 2.38. The summed E-state index contributed by atoms with van der Waals surface area (Å²) < 4.78 is 101. The van der Waals surface area contributed by atoms with Gasteiger partial charge in [-0.1, -0.05) is 12.2 Å². The third-order valence-corrected chi connectivity index (χ3v) is 4.35. The van der Waals surface area contributed by atoms with E-state index >= 15 is 0 Å². The van der Waals surface area contributed by atoms with Crippen LogP contribution < -0.4 is 0 Å². The van der Waals surface area contributed by atoms with E-state index in [-0.39, 0.29) is 17.4 Å². The second-order valence-electron chi connectivity index (χ2n) is 6.22. The molecule has 0 spiro atoms. The molecule has 2 rings (SSSR count). The van der Waals surface area contributed by atoms with Crippen molar-refractivity contribution in [1.82, 2.24) is 0 Å². The van der Waals surface area contributed by atoms with Crippen molar-refractivity contribution in [3.63, 3.8) is 0 Å². The molecule has 0 nitrogen and oxygen atoms in total. The van der Waals surface area contributed by atoms with Gasteiger partial charge >= 0.3 is 12.4 Å². The molecule has 140 valence electrons. The van der Waals surface area contributed by atoms with Gasteiger partial charge in [0.25, 0.3) is 0 Å². The molecule has 1 aliphatic carbocycles. The third kappa shape index (κ3) is 5.44. The molecular weight excluding hydrogens is 356 g/mol. The summed E-state index contributed by atoms with van der Waals surface area (Å²) in [6, 6.07) is 1.41. The van der Waals surface area contributed by atoms with E-state index < -0.39 is 36.0 Å². The van der Waals surface area contributed by atoms with Crippen LogP contribution in [0, 0.1) is 17.6 Å². The first-order chi connectivity index (χ1) is 11.5. The molecule has 1 aromatic rings. The fourth-order valence-electron chi connectivity index (χ4n) is 3.14. The predicted octanol–water partition coefficient (Wildman–Crippen LogP) is 6.77. The fraction of sp³-hybridized carbons (Fsp3) is 0.529. The minimum atomic E-state index is -5.10. The average Bonchev–Trinajstić information content (AvgIpc) is 2.44. The summed E-state index contributed by atoms with van der Waals surface area (Å²) in [5.41, 5.74) is -1.75. The van der Waals surface area contributed by atoms with Crippen LogP contribution >= 0.6 is 0 Å². The Labute approximate surface area is 139 Å². The van der Waals surface area contributed by atoms with Crippen LogP contribution in [0.4, 0.5) is 35.1 Å². The minimum absolute atomic E-state index is 0.0669. The highest BCUT2D eigenvalue weighted by molar-refractivity contribution is 5.30. The molecule has 1 aliphatic rings. The monoisotopic (exact) mass is 372 g/mol. The maximum atomic E-state index is 13.6. The number of benzene rings is 1. The number of rotatable bonds is 3. The van der Waals surface area contributed by atoms with Crippen LogP contribution in [-0.2, 0) is 6.18 Å². The van der Waals surface area contributed by atoms with Gasteiger partial charge in [0, 0.05) is 0 Å². The van der Waals surface area contributed by atoms with Gasteiger partial charge in [-0.15, -0.1) is 0 Å². The molecule has 0 N–H and O–H groups in total.